The second-order valence-corrected chi connectivity index (χ2v) is 13.4. The Kier molecular flexibility index (Phi) is 20.0. The molecule has 4 N–H and O–H groups in total. The van der Waals surface area contributed by atoms with Crippen molar-refractivity contribution in [2.45, 2.75) is 72.3 Å². The molecule has 0 radical (unpaired) electrons. The number of methoxy groups -OCH3 is 1. The van der Waals surface area contributed by atoms with Crippen molar-refractivity contribution >= 4 is 35.8 Å². The van der Waals surface area contributed by atoms with Crippen molar-refractivity contribution in [1.29, 1.82) is 0 Å². The van der Waals surface area contributed by atoms with Crippen LogP contribution in [0.25, 0.3) is 39.0 Å². The summed E-state index contributed by atoms with van der Waals surface area (Å²) >= 11 is 0. The van der Waals surface area contributed by atoms with E-state index in [2.05, 4.69) is 63.2 Å². The summed E-state index contributed by atoms with van der Waals surface area (Å²) in [5.74, 6) is -2.23. The molecule has 13 heteroatoms. The summed E-state index contributed by atoms with van der Waals surface area (Å²) < 4.78 is 41.2. The maximum atomic E-state index is 16.0. The number of H-pyrrole nitrogens is 1. The molecule has 1 aliphatic carbocycles. The van der Waals surface area contributed by atoms with E-state index in [9.17, 15) is 9.59 Å². The average molecular weight is 790 g/mol. The fourth-order valence-electron chi connectivity index (χ4n) is 6.39. The highest BCUT2D eigenvalue weighted by Crippen LogP contribution is 2.52. The molecule has 2 heterocycles. The van der Waals surface area contributed by atoms with E-state index < -0.39 is 12.0 Å². The van der Waals surface area contributed by atoms with Crippen LogP contribution in [-0.2, 0) is 26.7 Å². The number of fused-ring (bicyclic) bond motifs is 4. The number of halogens is 2. The van der Waals surface area contributed by atoms with Crippen LogP contribution < -0.4 is 16.0 Å². The molecule has 4 aromatic rings. The number of aromatic nitrogens is 2. The van der Waals surface area contributed by atoms with Gasteiger partial charge in [-0.25, -0.2) is 9.78 Å². The van der Waals surface area contributed by atoms with Crippen LogP contribution in [0.4, 0.5) is 13.6 Å². The van der Waals surface area contributed by atoms with E-state index in [-0.39, 0.29) is 17.7 Å². The molecule has 0 saturated carbocycles. The molecular formula is C44H61F2N7O4. The fourth-order valence-corrected chi connectivity index (χ4v) is 6.39. The summed E-state index contributed by atoms with van der Waals surface area (Å²) in [6, 6.07) is 16.5. The number of carbonyl (C=O) groups is 2. The number of alkyl halides is 2. The third kappa shape index (κ3) is 13.6. The number of aromatic amines is 1. The predicted octanol–water partition coefficient (Wildman–Crippen LogP) is 8.53. The van der Waals surface area contributed by atoms with Gasteiger partial charge in [-0.05, 0) is 111 Å². The Bertz CT molecular complexity index is 1880. The first-order chi connectivity index (χ1) is 27.7. The minimum absolute atomic E-state index is 0.00662. The first-order valence-corrected chi connectivity index (χ1v) is 20.0. The fraction of sp³-hybridized carbons (Fsp3) is 0.455. The van der Waals surface area contributed by atoms with Crippen molar-refractivity contribution in [3.8, 4) is 22.3 Å². The van der Waals surface area contributed by atoms with Gasteiger partial charge in [-0.15, -0.1) is 0 Å². The minimum Gasteiger partial charge on any atom is -0.453 e. The predicted molar refractivity (Wildman–Crippen MR) is 228 cm³/mol. The number of rotatable bonds is 15. The first-order valence-electron chi connectivity index (χ1n) is 20.0. The van der Waals surface area contributed by atoms with E-state index in [1.807, 2.05) is 50.2 Å². The lowest BCUT2D eigenvalue weighted by Gasteiger charge is -2.16. The topological polar surface area (TPSA) is 133 Å². The van der Waals surface area contributed by atoms with E-state index in [4.69, 9.17) is 9.72 Å². The zero-order valence-corrected chi connectivity index (χ0v) is 34.5. The molecular weight excluding hydrogens is 729 g/mol. The Labute approximate surface area is 336 Å². The van der Waals surface area contributed by atoms with Crippen molar-refractivity contribution in [2.75, 3.05) is 60.1 Å². The van der Waals surface area contributed by atoms with Crippen molar-refractivity contribution in [3.05, 3.63) is 83.3 Å². The summed E-state index contributed by atoms with van der Waals surface area (Å²) in [5.41, 5.74) is 5.86. The number of aldehydes is 1. The maximum Gasteiger partial charge on any atom is 0.407 e. The quantitative estimate of drug-likeness (QED) is 0.0536. The summed E-state index contributed by atoms with van der Waals surface area (Å²) in [7, 11) is 3.31. The molecule has 2 aliphatic rings. The monoisotopic (exact) mass is 789 g/mol. The Morgan fingerprint density at radius 2 is 1.65 bits per heavy atom. The van der Waals surface area contributed by atoms with Crippen LogP contribution in [0.3, 0.4) is 0 Å². The van der Waals surface area contributed by atoms with E-state index in [0.29, 0.717) is 35.2 Å². The van der Waals surface area contributed by atoms with Gasteiger partial charge in [-0.3, -0.25) is 9.89 Å². The van der Waals surface area contributed by atoms with Gasteiger partial charge >= 0.3 is 6.09 Å². The number of amides is 1. The van der Waals surface area contributed by atoms with Crippen molar-refractivity contribution < 1.29 is 27.8 Å². The molecule has 1 amide bonds. The van der Waals surface area contributed by atoms with Gasteiger partial charge in [0.2, 0.25) is 0 Å². The Balaban J connectivity index is 0.000000456. The number of carbonyl (C=O) groups excluding carboxylic acids is 2. The maximum absolute atomic E-state index is 16.0. The number of ether oxygens (including phenoxy) is 2. The molecule has 1 saturated heterocycles. The number of nitrogens with one attached hydrogen (secondary N) is 4. The minimum atomic E-state index is -3.12. The van der Waals surface area contributed by atoms with Crippen LogP contribution in [-0.4, -0.2) is 94.1 Å². The normalized spacial score (nSPS) is 13.7. The lowest BCUT2D eigenvalue weighted by atomic mass is 9.98. The number of imidazole rings is 1. The van der Waals surface area contributed by atoms with Crippen LogP contribution in [0.15, 0.2) is 65.8 Å². The number of nitrogens with zero attached hydrogens (tertiary/aromatic N) is 3. The van der Waals surface area contributed by atoms with Gasteiger partial charge < -0.3 is 35.2 Å². The third-order valence-corrected chi connectivity index (χ3v) is 9.06. The number of aliphatic imine (C=N–C) groups is 1. The van der Waals surface area contributed by atoms with E-state index in [1.165, 1.54) is 26.4 Å². The number of benzene rings is 3. The van der Waals surface area contributed by atoms with Gasteiger partial charge in [0.25, 0.3) is 5.92 Å². The molecule has 310 valence electrons. The number of hydrogen-bond donors (Lipinski definition) is 4. The third-order valence-electron chi connectivity index (χ3n) is 9.06. The lowest BCUT2D eigenvalue weighted by molar-refractivity contribution is -0.107. The lowest BCUT2D eigenvalue weighted by Crippen LogP contribution is -2.27. The van der Waals surface area contributed by atoms with Crippen LogP contribution in [0.2, 0.25) is 0 Å². The van der Waals surface area contributed by atoms with Crippen molar-refractivity contribution in [3.63, 3.8) is 0 Å². The molecule has 11 nitrogen and oxygen atoms in total. The van der Waals surface area contributed by atoms with E-state index in [1.54, 1.807) is 24.4 Å². The summed E-state index contributed by atoms with van der Waals surface area (Å²) in [6.07, 6.45) is 7.63. The van der Waals surface area contributed by atoms with E-state index in [0.717, 1.165) is 80.2 Å². The molecule has 0 atom stereocenters. The molecule has 0 bridgehead atoms. The van der Waals surface area contributed by atoms with Crippen LogP contribution >= 0.6 is 0 Å². The first kappa shape index (κ1) is 46.4. The second kappa shape index (κ2) is 24.6. The van der Waals surface area contributed by atoms with Crippen molar-refractivity contribution in [1.82, 2.24) is 30.8 Å². The summed E-state index contributed by atoms with van der Waals surface area (Å²) in [5, 5.41) is 8.79. The standard InChI is InChI=1S/C33H38F2N6.C5H10O.C4H7NO3.C2H6/c1-5-13-37-14-15-38-31(20-36-3)24-8-11-26-25-10-7-22(17-27(25)33(34,35)28(26)18-24)23-9-12-29-30(19-23)40-32(39-29)21-41(4)16-6-2;1-2-4-6-5-3-1;1-8-4(7)5-2-3-6;1-2/h7-12,17-20,37-38H,3,5-6,13-16,21H2,1-2,4H3,(H,39,40);1-5H2;3H,2H2,1H3,(H,5,7);1-2H3/b31-20-;;;. The molecule has 3 aromatic carbocycles. The Morgan fingerprint density at radius 3 is 2.26 bits per heavy atom. The molecule has 6 rings (SSSR count). The molecule has 1 aliphatic heterocycles. The highest BCUT2D eigenvalue weighted by Gasteiger charge is 2.44. The van der Waals surface area contributed by atoms with Crippen LogP contribution in [0.5, 0.6) is 0 Å². The largest absolute Gasteiger partial charge is 0.453 e. The Hall–Kier alpha value is -4.98. The highest BCUT2D eigenvalue weighted by molar-refractivity contribution is 5.86. The van der Waals surface area contributed by atoms with E-state index >= 15 is 8.78 Å². The average Bonchev–Trinajstić information content (AvgIpc) is 3.74. The summed E-state index contributed by atoms with van der Waals surface area (Å²) in [4.78, 5) is 33.9. The smallest absolute Gasteiger partial charge is 0.407 e. The Morgan fingerprint density at radius 1 is 0.965 bits per heavy atom. The molecule has 1 aromatic heterocycles. The van der Waals surface area contributed by atoms with Gasteiger partial charge in [0, 0.05) is 43.6 Å². The molecule has 57 heavy (non-hydrogen) atoms. The zero-order chi connectivity index (χ0) is 41.6. The van der Waals surface area contributed by atoms with Crippen LogP contribution in [0, 0.1) is 0 Å². The molecule has 1 fully saturated rings. The van der Waals surface area contributed by atoms with Gasteiger partial charge in [0.15, 0.2) is 0 Å². The second-order valence-electron chi connectivity index (χ2n) is 13.4. The van der Waals surface area contributed by atoms with Gasteiger partial charge in [-0.1, -0.05) is 58.0 Å². The number of alkyl carbamates (subject to hydrolysis) is 1. The van der Waals surface area contributed by atoms with Crippen molar-refractivity contribution in [2.24, 2.45) is 4.99 Å². The number of hydrogen-bond acceptors (Lipinski definition) is 9. The van der Waals surface area contributed by atoms with Crippen LogP contribution in [0.1, 0.15) is 82.3 Å². The zero-order valence-electron chi connectivity index (χ0n) is 34.5. The SMILES string of the molecule is C1CCOCC1.C=N/C=C(\NCCNCCC)c1ccc2c(c1)C(F)(F)c1cc(-c3ccc4nc(CN(C)CCC)[nH]c4c3)ccc1-2.CC.COC(=O)NCC=O. The molecule has 0 spiro atoms. The molecule has 0 unspecified atom stereocenters. The van der Waals surface area contributed by atoms with Gasteiger partial charge in [0.05, 0.1) is 36.9 Å². The van der Waals surface area contributed by atoms with Gasteiger partial charge in [-0.2, -0.15) is 8.78 Å². The van der Waals surface area contributed by atoms with Gasteiger partial charge in [0.1, 0.15) is 12.1 Å². The summed E-state index contributed by atoms with van der Waals surface area (Å²) in [6.45, 7) is 17.9. The highest BCUT2D eigenvalue weighted by atomic mass is 19.3.